The maximum atomic E-state index is 9.25. The topological polar surface area (TPSA) is 65.2 Å². The van der Waals surface area contributed by atoms with E-state index in [1.54, 1.807) is 11.8 Å². The standard InChI is InChI=1S/C15H12IN5S2/c1-9-5-13-14(19-18-9)23-15(20-21(13)2)22-8-10-3-4-12(16)6-11(10)7-17/h3-6H,8H2,1-2H3. The summed E-state index contributed by atoms with van der Waals surface area (Å²) in [6.07, 6.45) is 0. The largest absolute Gasteiger partial charge is 0.264 e. The highest BCUT2D eigenvalue weighted by Crippen LogP contribution is 2.37. The molecule has 0 saturated carbocycles. The Bertz CT molecular complexity index is 831. The normalized spacial score (nSPS) is 13.3. The van der Waals surface area contributed by atoms with Crippen molar-refractivity contribution in [3.63, 3.8) is 0 Å². The molecular weight excluding hydrogens is 441 g/mol. The molecule has 23 heavy (non-hydrogen) atoms. The second-order valence-electron chi connectivity index (χ2n) is 4.87. The van der Waals surface area contributed by atoms with Gasteiger partial charge in [0.05, 0.1) is 23.0 Å². The van der Waals surface area contributed by atoms with Crippen LogP contribution >= 0.6 is 46.1 Å². The van der Waals surface area contributed by atoms with Gasteiger partial charge in [-0.15, -0.1) is 5.10 Å². The minimum Gasteiger partial charge on any atom is -0.264 e. The molecule has 8 heteroatoms. The lowest BCUT2D eigenvalue weighted by Gasteiger charge is -2.22. The maximum absolute atomic E-state index is 9.25. The number of hydrazone groups is 1. The summed E-state index contributed by atoms with van der Waals surface area (Å²) in [5, 5.41) is 24.9. The molecule has 0 N–H and O–H groups in total. The van der Waals surface area contributed by atoms with Crippen molar-refractivity contribution < 1.29 is 0 Å². The number of halogens is 1. The fourth-order valence-electron chi connectivity index (χ4n) is 2.02. The fraction of sp³-hybridized carbons (Fsp3) is 0.200. The minimum absolute atomic E-state index is 0.702. The average Bonchev–Trinajstić information content (AvgIpc) is 2.54. The van der Waals surface area contributed by atoms with Gasteiger partial charge in [-0.3, -0.25) is 5.01 Å². The summed E-state index contributed by atoms with van der Waals surface area (Å²) < 4.78 is 1.97. The van der Waals surface area contributed by atoms with Crippen LogP contribution in [0, 0.1) is 21.8 Å². The van der Waals surface area contributed by atoms with Crippen molar-refractivity contribution in [1.29, 1.82) is 5.26 Å². The first kappa shape index (κ1) is 16.5. The van der Waals surface area contributed by atoms with Crippen LogP contribution in [0.25, 0.3) is 0 Å². The Morgan fingerprint density at radius 1 is 1.35 bits per heavy atom. The van der Waals surface area contributed by atoms with Crippen LogP contribution in [0.15, 0.2) is 34.4 Å². The van der Waals surface area contributed by atoms with E-state index in [0.717, 1.165) is 35.5 Å². The zero-order valence-electron chi connectivity index (χ0n) is 12.4. The number of aryl methyl sites for hydroxylation is 1. The molecule has 0 unspecified atom stereocenters. The van der Waals surface area contributed by atoms with Gasteiger partial charge < -0.3 is 0 Å². The molecule has 1 aliphatic rings. The van der Waals surface area contributed by atoms with Crippen molar-refractivity contribution in [2.45, 2.75) is 17.7 Å². The molecule has 5 nitrogen and oxygen atoms in total. The van der Waals surface area contributed by atoms with Gasteiger partial charge in [0.2, 0.25) is 0 Å². The third-order valence-corrected chi connectivity index (χ3v) is 5.97. The van der Waals surface area contributed by atoms with E-state index < -0.39 is 0 Å². The van der Waals surface area contributed by atoms with Gasteiger partial charge >= 0.3 is 0 Å². The number of benzene rings is 1. The lowest BCUT2D eigenvalue weighted by Crippen LogP contribution is -2.17. The fourth-order valence-corrected chi connectivity index (χ4v) is 4.58. The van der Waals surface area contributed by atoms with Crippen LogP contribution in [0.5, 0.6) is 0 Å². The first-order chi connectivity index (χ1) is 11.1. The van der Waals surface area contributed by atoms with Gasteiger partial charge in [0.25, 0.3) is 0 Å². The lowest BCUT2D eigenvalue weighted by atomic mass is 10.1. The molecule has 0 spiro atoms. The van der Waals surface area contributed by atoms with Crippen molar-refractivity contribution >= 4 is 56.2 Å². The van der Waals surface area contributed by atoms with Gasteiger partial charge in [-0.1, -0.05) is 17.8 Å². The number of thioether (sulfide) groups is 2. The van der Waals surface area contributed by atoms with Gasteiger partial charge in [-0.2, -0.15) is 15.5 Å². The molecule has 0 fully saturated rings. The summed E-state index contributed by atoms with van der Waals surface area (Å²) >= 11 is 5.34. The van der Waals surface area contributed by atoms with Crippen LogP contribution in [-0.4, -0.2) is 21.6 Å². The highest BCUT2D eigenvalue weighted by atomic mass is 127. The van der Waals surface area contributed by atoms with E-state index in [2.05, 4.69) is 44.0 Å². The van der Waals surface area contributed by atoms with Crippen molar-refractivity contribution in [2.75, 3.05) is 12.1 Å². The average molecular weight is 453 g/mol. The predicted molar refractivity (Wildman–Crippen MR) is 104 cm³/mol. The molecule has 1 aromatic carbocycles. The third-order valence-electron chi connectivity index (χ3n) is 3.17. The van der Waals surface area contributed by atoms with E-state index in [1.807, 2.05) is 43.2 Å². The molecule has 1 aliphatic heterocycles. The lowest BCUT2D eigenvalue weighted by molar-refractivity contribution is 0.861. The zero-order chi connectivity index (χ0) is 16.4. The molecule has 0 atom stereocenters. The third kappa shape index (κ3) is 3.79. The molecule has 0 aliphatic carbocycles. The first-order valence-electron chi connectivity index (χ1n) is 6.72. The van der Waals surface area contributed by atoms with Crippen molar-refractivity contribution in [2.24, 2.45) is 5.10 Å². The van der Waals surface area contributed by atoms with Gasteiger partial charge in [-0.25, -0.2) is 0 Å². The summed E-state index contributed by atoms with van der Waals surface area (Å²) in [5.41, 5.74) is 3.58. The first-order valence-corrected chi connectivity index (χ1v) is 9.61. The molecule has 0 radical (unpaired) electrons. The number of hydrogen-bond acceptors (Lipinski definition) is 7. The van der Waals surface area contributed by atoms with Crippen molar-refractivity contribution in [3.8, 4) is 6.07 Å². The Balaban J connectivity index is 1.76. The van der Waals surface area contributed by atoms with Crippen LogP contribution < -0.4 is 5.01 Å². The Kier molecular flexibility index (Phi) is 5.08. The number of rotatable bonds is 2. The van der Waals surface area contributed by atoms with Gasteiger partial charge in [-0.05, 0) is 65.0 Å². The van der Waals surface area contributed by atoms with Crippen LogP contribution in [0.2, 0.25) is 0 Å². The molecule has 116 valence electrons. The molecule has 0 amide bonds. The number of nitriles is 1. The van der Waals surface area contributed by atoms with Crippen LogP contribution in [-0.2, 0) is 5.75 Å². The Hall–Kier alpha value is -1.31. The molecule has 0 bridgehead atoms. The molecule has 0 saturated heterocycles. The van der Waals surface area contributed by atoms with Crippen LogP contribution in [0.4, 0.5) is 5.69 Å². The molecular formula is C15H12IN5S2. The van der Waals surface area contributed by atoms with E-state index in [0.29, 0.717) is 5.75 Å². The minimum atomic E-state index is 0.702. The molecule has 3 rings (SSSR count). The highest BCUT2D eigenvalue weighted by Gasteiger charge is 2.20. The Labute approximate surface area is 156 Å². The monoisotopic (exact) mass is 453 g/mol. The number of anilines is 1. The molecule has 2 heterocycles. The number of aromatic nitrogens is 2. The summed E-state index contributed by atoms with van der Waals surface area (Å²) in [6.45, 7) is 1.92. The van der Waals surface area contributed by atoms with Crippen LogP contribution in [0.3, 0.4) is 0 Å². The maximum Gasteiger partial charge on any atom is 0.157 e. The van der Waals surface area contributed by atoms with Gasteiger partial charge in [0.15, 0.2) is 9.40 Å². The molecule has 1 aromatic heterocycles. The van der Waals surface area contributed by atoms with Gasteiger partial charge in [0.1, 0.15) is 0 Å². The summed E-state index contributed by atoms with van der Waals surface area (Å²) in [4.78, 5) is 0. The van der Waals surface area contributed by atoms with E-state index in [-0.39, 0.29) is 0 Å². The SMILES string of the molecule is Cc1cc2c(nn1)SC(SCc1ccc(I)cc1C#N)=NN2C. The second-order valence-corrected chi connectivity index (χ2v) is 8.32. The number of hydrogen-bond donors (Lipinski definition) is 0. The van der Waals surface area contributed by atoms with E-state index in [9.17, 15) is 5.26 Å². The summed E-state index contributed by atoms with van der Waals surface area (Å²) in [5.74, 6) is 0.702. The van der Waals surface area contributed by atoms with E-state index >= 15 is 0 Å². The van der Waals surface area contributed by atoms with Crippen molar-refractivity contribution in [3.05, 3.63) is 44.7 Å². The Morgan fingerprint density at radius 2 is 2.17 bits per heavy atom. The number of fused-ring (bicyclic) bond motifs is 1. The predicted octanol–water partition coefficient (Wildman–Crippen LogP) is 4.01. The van der Waals surface area contributed by atoms with Gasteiger partial charge in [0, 0.05) is 16.4 Å². The van der Waals surface area contributed by atoms with E-state index in [4.69, 9.17) is 0 Å². The second kappa shape index (κ2) is 7.07. The zero-order valence-corrected chi connectivity index (χ0v) is 16.2. The highest BCUT2D eigenvalue weighted by molar-refractivity contribution is 14.1. The van der Waals surface area contributed by atoms with Crippen LogP contribution in [0.1, 0.15) is 16.8 Å². The Morgan fingerprint density at radius 3 is 2.96 bits per heavy atom. The van der Waals surface area contributed by atoms with E-state index in [1.165, 1.54) is 11.8 Å². The summed E-state index contributed by atoms with van der Waals surface area (Å²) in [7, 11) is 1.91. The number of nitrogens with zero attached hydrogens (tertiary/aromatic N) is 5. The molecule has 2 aromatic rings. The summed E-state index contributed by atoms with van der Waals surface area (Å²) in [6, 6.07) is 10.2. The quantitative estimate of drug-likeness (QED) is 0.641. The van der Waals surface area contributed by atoms with Crippen molar-refractivity contribution in [1.82, 2.24) is 10.2 Å². The smallest absolute Gasteiger partial charge is 0.157 e.